The molecule has 0 amide bonds. The Balaban J connectivity index is 1.56. The van der Waals surface area contributed by atoms with Gasteiger partial charge in [-0.1, -0.05) is 6.07 Å². The summed E-state index contributed by atoms with van der Waals surface area (Å²) in [6, 6.07) is 4.24. The van der Waals surface area contributed by atoms with Gasteiger partial charge >= 0.3 is 0 Å². The number of rotatable bonds is 7. The third kappa shape index (κ3) is 5.49. The second-order valence-electron chi connectivity index (χ2n) is 7.94. The monoisotopic (exact) mass is 398 g/mol. The van der Waals surface area contributed by atoms with Gasteiger partial charge in [0.2, 0.25) is 5.88 Å². The molecule has 1 atom stereocenters. The molecule has 7 heteroatoms. The Hall–Kier alpha value is -2.57. The Morgan fingerprint density at radius 1 is 1.34 bits per heavy atom. The van der Waals surface area contributed by atoms with Gasteiger partial charge in [-0.25, -0.2) is 4.98 Å². The fraction of sp³-hybridized carbons (Fsp3) is 0.591. The average molecular weight is 399 g/mol. The molecule has 1 unspecified atom stereocenters. The molecule has 3 rings (SSSR count). The van der Waals surface area contributed by atoms with Gasteiger partial charge in [-0.3, -0.25) is 9.67 Å². The fourth-order valence-electron chi connectivity index (χ4n) is 3.91. The first kappa shape index (κ1) is 21.1. The van der Waals surface area contributed by atoms with E-state index >= 15 is 0 Å². The summed E-state index contributed by atoms with van der Waals surface area (Å²) < 4.78 is 8.08. The maximum Gasteiger partial charge on any atom is 0.218 e. The van der Waals surface area contributed by atoms with E-state index in [0.717, 1.165) is 42.4 Å². The van der Waals surface area contributed by atoms with Crippen molar-refractivity contribution in [1.82, 2.24) is 25.4 Å². The zero-order valence-corrected chi connectivity index (χ0v) is 18.3. The topological polar surface area (TPSA) is 76.4 Å². The van der Waals surface area contributed by atoms with E-state index in [-0.39, 0.29) is 6.04 Å². The predicted molar refractivity (Wildman–Crippen MR) is 116 cm³/mol. The molecule has 7 nitrogen and oxygen atoms in total. The van der Waals surface area contributed by atoms with Crippen LogP contribution in [-0.2, 0) is 20.0 Å². The molecule has 0 spiro atoms. The molecule has 2 aromatic rings. The first-order valence-corrected chi connectivity index (χ1v) is 10.5. The Morgan fingerprint density at radius 2 is 2.10 bits per heavy atom. The lowest BCUT2D eigenvalue weighted by atomic mass is 10.1. The van der Waals surface area contributed by atoms with Crippen molar-refractivity contribution in [3.63, 3.8) is 0 Å². The lowest BCUT2D eigenvalue weighted by Crippen LogP contribution is -2.42. The molecule has 2 aromatic heterocycles. The molecule has 158 valence electrons. The number of pyridine rings is 1. The van der Waals surface area contributed by atoms with Crippen LogP contribution >= 0.6 is 0 Å². The van der Waals surface area contributed by atoms with E-state index in [2.05, 4.69) is 52.5 Å². The maximum atomic E-state index is 6.14. The maximum absolute atomic E-state index is 6.14. The Morgan fingerprint density at radius 3 is 2.76 bits per heavy atom. The molecule has 1 aliphatic carbocycles. The summed E-state index contributed by atoms with van der Waals surface area (Å²) in [5.74, 6) is 1.50. The van der Waals surface area contributed by atoms with Crippen molar-refractivity contribution in [3.05, 3.63) is 40.8 Å². The molecular formula is C22H34N6O. The second-order valence-corrected chi connectivity index (χ2v) is 7.94. The van der Waals surface area contributed by atoms with E-state index < -0.39 is 0 Å². The standard InChI is InChI=1S/C22H34N6O/c1-15(13-20-16(2)27-28(5)17(20)3)26-22(23-4)25-14-18-9-8-12-24-21(18)29-19-10-6-7-11-19/h8-9,12,15,19H,6-7,10-11,13-14H2,1-5H3,(H2,23,25,26). The summed E-state index contributed by atoms with van der Waals surface area (Å²) in [5.41, 5.74) is 4.64. The number of aromatic nitrogens is 3. The number of nitrogens with zero attached hydrogens (tertiary/aromatic N) is 4. The molecule has 0 aliphatic heterocycles. The van der Waals surface area contributed by atoms with Crippen molar-refractivity contribution in [2.24, 2.45) is 12.0 Å². The first-order chi connectivity index (χ1) is 14.0. The van der Waals surface area contributed by atoms with E-state index in [1.165, 1.54) is 24.1 Å². The molecular weight excluding hydrogens is 364 g/mol. The SMILES string of the molecule is CN=C(NCc1cccnc1OC1CCCC1)NC(C)Cc1c(C)nn(C)c1C. The highest BCUT2D eigenvalue weighted by Gasteiger charge is 2.19. The molecule has 29 heavy (non-hydrogen) atoms. The summed E-state index contributed by atoms with van der Waals surface area (Å²) in [6.07, 6.45) is 7.72. The van der Waals surface area contributed by atoms with Gasteiger partial charge in [0, 0.05) is 44.1 Å². The van der Waals surface area contributed by atoms with Crippen LogP contribution in [0.5, 0.6) is 5.88 Å². The van der Waals surface area contributed by atoms with Crippen LogP contribution in [0.1, 0.15) is 55.1 Å². The van der Waals surface area contributed by atoms with Crippen LogP contribution in [0.4, 0.5) is 0 Å². The van der Waals surface area contributed by atoms with Gasteiger partial charge in [-0.15, -0.1) is 0 Å². The van der Waals surface area contributed by atoms with Crippen LogP contribution in [0.25, 0.3) is 0 Å². The minimum Gasteiger partial charge on any atom is -0.474 e. The number of ether oxygens (including phenoxy) is 1. The molecule has 0 saturated heterocycles. The minimum absolute atomic E-state index is 0.228. The van der Waals surface area contributed by atoms with Crippen LogP contribution in [0.15, 0.2) is 23.3 Å². The van der Waals surface area contributed by atoms with Crippen LogP contribution in [-0.4, -0.2) is 39.9 Å². The zero-order valence-electron chi connectivity index (χ0n) is 18.3. The number of aryl methyl sites for hydroxylation is 2. The van der Waals surface area contributed by atoms with E-state index in [1.807, 2.05) is 17.8 Å². The summed E-state index contributed by atoms with van der Waals surface area (Å²) >= 11 is 0. The van der Waals surface area contributed by atoms with Crippen molar-refractivity contribution in [2.45, 2.75) is 71.6 Å². The van der Waals surface area contributed by atoms with E-state index in [1.54, 1.807) is 13.2 Å². The van der Waals surface area contributed by atoms with Crippen LogP contribution in [0.3, 0.4) is 0 Å². The first-order valence-electron chi connectivity index (χ1n) is 10.5. The third-order valence-corrected chi connectivity index (χ3v) is 5.65. The molecule has 2 N–H and O–H groups in total. The van der Waals surface area contributed by atoms with Crippen molar-refractivity contribution < 1.29 is 4.74 Å². The lowest BCUT2D eigenvalue weighted by molar-refractivity contribution is 0.199. The zero-order chi connectivity index (χ0) is 20.8. The lowest BCUT2D eigenvalue weighted by Gasteiger charge is -2.19. The number of hydrogen-bond donors (Lipinski definition) is 2. The quantitative estimate of drug-likeness (QED) is 0.554. The van der Waals surface area contributed by atoms with Crippen molar-refractivity contribution >= 4 is 5.96 Å². The Labute approximate surface area is 174 Å². The highest BCUT2D eigenvalue weighted by Crippen LogP contribution is 2.25. The highest BCUT2D eigenvalue weighted by atomic mass is 16.5. The van der Waals surface area contributed by atoms with Gasteiger partial charge in [0.1, 0.15) is 6.10 Å². The molecule has 0 aromatic carbocycles. The molecule has 2 heterocycles. The Bertz CT molecular complexity index is 838. The predicted octanol–water partition coefficient (Wildman–Crippen LogP) is 3.05. The van der Waals surface area contributed by atoms with Crippen molar-refractivity contribution in [1.29, 1.82) is 0 Å². The minimum atomic E-state index is 0.228. The molecule has 1 aliphatic rings. The highest BCUT2D eigenvalue weighted by molar-refractivity contribution is 5.80. The van der Waals surface area contributed by atoms with Gasteiger partial charge in [0.05, 0.1) is 5.69 Å². The smallest absolute Gasteiger partial charge is 0.218 e. The number of guanidine groups is 1. The number of hydrogen-bond acceptors (Lipinski definition) is 4. The van der Waals surface area contributed by atoms with Crippen LogP contribution < -0.4 is 15.4 Å². The second kappa shape index (κ2) is 9.76. The van der Waals surface area contributed by atoms with E-state index in [0.29, 0.717) is 12.6 Å². The summed E-state index contributed by atoms with van der Waals surface area (Å²) in [5, 5.41) is 11.4. The van der Waals surface area contributed by atoms with Gasteiger partial charge in [0.25, 0.3) is 0 Å². The largest absolute Gasteiger partial charge is 0.474 e. The average Bonchev–Trinajstić information content (AvgIpc) is 3.30. The van der Waals surface area contributed by atoms with Crippen LogP contribution in [0.2, 0.25) is 0 Å². The fourth-order valence-corrected chi connectivity index (χ4v) is 3.91. The number of aliphatic imine (C=N–C) groups is 1. The summed E-state index contributed by atoms with van der Waals surface area (Å²) in [6.45, 7) is 6.96. The van der Waals surface area contributed by atoms with Gasteiger partial charge in [0.15, 0.2) is 5.96 Å². The normalized spacial score (nSPS) is 16.1. The number of nitrogens with one attached hydrogen (secondary N) is 2. The molecule has 1 saturated carbocycles. The van der Waals surface area contributed by atoms with Gasteiger partial charge < -0.3 is 15.4 Å². The third-order valence-electron chi connectivity index (χ3n) is 5.65. The molecule has 0 radical (unpaired) electrons. The van der Waals surface area contributed by atoms with E-state index in [9.17, 15) is 0 Å². The summed E-state index contributed by atoms with van der Waals surface area (Å²) in [4.78, 5) is 8.83. The van der Waals surface area contributed by atoms with Crippen LogP contribution in [0, 0.1) is 13.8 Å². The van der Waals surface area contributed by atoms with E-state index in [4.69, 9.17) is 4.74 Å². The van der Waals surface area contributed by atoms with Gasteiger partial charge in [-0.2, -0.15) is 5.10 Å². The Kier molecular flexibility index (Phi) is 7.12. The van der Waals surface area contributed by atoms with Gasteiger partial charge in [-0.05, 0) is 64.5 Å². The summed E-state index contributed by atoms with van der Waals surface area (Å²) in [7, 11) is 3.78. The molecule has 0 bridgehead atoms. The molecule has 1 fully saturated rings. The van der Waals surface area contributed by atoms with Crippen molar-refractivity contribution in [3.8, 4) is 5.88 Å². The van der Waals surface area contributed by atoms with Crippen molar-refractivity contribution in [2.75, 3.05) is 7.05 Å².